The van der Waals surface area contributed by atoms with Gasteiger partial charge in [-0.05, 0) is 29.3 Å². The zero-order valence-electron chi connectivity index (χ0n) is 8.08. The van der Waals surface area contributed by atoms with Gasteiger partial charge in [-0.2, -0.15) is 4.98 Å². The van der Waals surface area contributed by atoms with Crippen LogP contribution in [0.15, 0.2) is 4.52 Å². The smallest absolute Gasteiger partial charge is 0.260 e. The fourth-order valence-electron chi connectivity index (χ4n) is 1.74. The van der Waals surface area contributed by atoms with E-state index in [1.54, 1.807) is 0 Å². The van der Waals surface area contributed by atoms with Crippen LogP contribution in [0.5, 0.6) is 0 Å². The zero-order valence-corrected chi connectivity index (χ0v) is 8.08. The third kappa shape index (κ3) is 1.82. The van der Waals surface area contributed by atoms with Gasteiger partial charge in [0.05, 0.1) is 0 Å². The van der Waals surface area contributed by atoms with Crippen molar-refractivity contribution < 1.29 is 4.52 Å². The molecule has 2 N–H and O–H groups in total. The van der Waals surface area contributed by atoms with Crippen LogP contribution in [0.3, 0.4) is 0 Å². The van der Waals surface area contributed by atoms with Gasteiger partial charge in [-0.3, -0.25) is 0 Å². The number of hydrogen-bond acceptors (Lipinski definition) is 4. The zero-order chi connectivity index (χ0) is 9.47. The van der Waals surface area contributed by atoms with E-state index in [0.29, 0.717) is 5.89 Å². The van der Waals surface area contributed by atoms with Crippen LogP contribution in [0.2, 0.25) is 0 Å². The summed E-state index contributed by atoms with van der Waals surface area (Å²) in [4.78, 5) is 4.01. The first-order chi connectivity index (χ1) is 6.08. The molecular formula is C9H15N3O. The van der Waals surface area contributed by atoms with Gasteiger partial charge in [0.25, 0.3) is 5.95 Å². The molecule has 4 nitrogen and oxygen atoms in total. The van der Waals surface area contributed by atoms with Crippen molar-refractivity contribution in [2.24, 2.45) is 11.3 Å². The van der Waals surface area contributed by atoms with E-state index >= 15 is 0 Å². The van der Waals surface area contributed by atoms with Gasteiger partial charge >= 0.3 is 0 Å². The van der Waals surface area contributed by atoms with Crippen molar-refractivity contribution in [2.75, 3.05) is 5.73 Å². The lowest BCUT2D eigenvalue weighted by molar-refractivity contribution is 0.260. The molecule has 2 rings (SSSR count). The van der Waals surface area contributed by atoms with Crippen LogP contribution in [0.4, 0.5) is 5.95 Å². The van der Waals surface area contributed by atoms with E-state index < -0.39 is 0 Å². The van der Waals surface area contributed by atoms with Gasteiger partial charge in [0, 0.05) is 6.42 Å². The van der Waals surface area contributed by atoms with E-state index in [1.165, 1.54) is 12.8 Å². The van der Waals surface area contributed by atoms with Crippen LogP contribution in [0, 0.1) is 11.3 Å². The maximum absolute atomic E-state index is 5.37. The van der Waals surface area contributed by atoms with Crippen molar-refractivity contribution in [1.29, 1.82) is 0 Å². The van der Waals surface area contributed by atoms with Crippen LogP contribution >= 0.6 is 0 Å². The highest BCUT2D eigenvalue weighted by atomic mass is 16.5. The minimum Gasteiger partial charge on any atom is -0.365 e. The molecule has 1 aromatic heterocycles. The number of hydrogen-bond donors (Lipinski definition) is 1. The Bertz CT molecular complexity index is 302. The fraction of sp³-hybridized carbons (Fsp3) is 0.778. The molecule has 1 aliphatic carbocycles. The molecule has 0 amide bonds. The summed E-state index contributed by atoms with van der Waals surface area (Å²) < 4.78 is 4.99. The Balaban J connectivity index is 2.04. The Kier molecular flexibility index (Phi) is 1.78. The Labute approximate surface area is 77.5 Å². The highest BCUT2D eigenvalue weighted by Gasteiger charge is 2.38. The summed E-state index contributed by atoms with van der Waals surface area (Å²) in [5.41, 5.74) is 5.65. The lowest BCUT2D eigenvalue weighted by atomic mass is 9.84. The highest BCUT2D eigenvalue weighted by molar-refractivity contribution is 5.11. The van der Waals surface area contributed by atoms with Gasteiger partial charge in [0.1, 0.15) is 0 Å². The average molecular weight is 181 g/mol. The van der Waals surface area contributed by atoms with Gasteiger partial charge in [-0.1, -0.05) is 13.8 Å². The third-order valence-electron chi connectivity index (χ3n) is 2.77. The molecule has 1 fully saturated rings. The average Bonchev–Trinajstić information content (AvgIpc) is 2.78. The minimum absolute atomic E-state index is 0.238. The molecule has 0 atom stereocenters. The summed E-state index contributed by atoms with van der Waals surface area (Å²) in [7, 11) is 0. The Hall–Kier alpha value is -1.06. The van der Waals surface area contributed by atoms with Crippen molar-refractivity contribution in [2.45, 2.75) is 33.1 Å². The summed E-state index contributed by atoms with van der Waals surface area (Å²) in [6.45, 7) is 4.48. The molecule has 0 radical (unpaired) electrons. The van der Waals surface area contributed by atoms with Crippen molar-refractivity contribution in [3.05, 3.63) is 5.89 Å². The van der Waals surface area contributed by atoms with Crippen LogP contribution in [-0.4, -0.2) is 10.1 Å². The number of nitrogens with zero attached hydrogens (tertiary/aromatic N) is 2. The van der Waals surface area contributed by atoms with E-state index in [0.717, 1.165) is 12.3 Å². The maximum atomic E-state index is 5.37. The maximum Gasteiger partial charge on any atom is 0.260 e. The Morgan fingerprint density at radius 1 is 1.54 bits per heavy atom. The van der Waals surface area contributed by atoms with Gasteiger partial charge in [-0.25, -0.2) is 0 Å². The molecule has 4 heteroatoms. The van der Waals surface area contributed by atoms with Gasteiger partial charge in [-0.15, -0.1) is 0 Å². The number of nitrogen functional groups attached to an aromatic ring is 1. The van der Waals surface area contributed by atoms with Gasteiger partial charge in [0.15, 0.2) is 0 Å². The van der Waals surface area contributed by atoms with Crippen LogP contribution in [-0.2, 0) is 6.42 Å². The SMILES string of the molecule is CC(C)(Cc1nc(N)no1)C1CC1. The molecule has 0 aliphatic heterocycles. The molecular weight excluding hydrogens is 166 g/mol. The quantitative estimate of drug-likeness (QED) is 0.769. The van der Waals surface area contributed by atoms with Crippen molar-refractivity contribution >= 4 is 5.95 Å². The lowest BCUT2D eigenvalue weighted by Crippen LogP contribution is -2.17. The van der Waals surface area contributed by atoms with Crippen LogP contribution < -0.4 is 5.73 Å². The summed E-state index contributed by atoms with van der Waals surface area (Å²) >= 11 is 0. The Morgan fingerprint density at radius 3 is 2.69 bits per heavy atom. The molecule has 13 heavy (non-hydrogen) atoms. The second-order valence-electron chi connectivity index (χ2n) is 4.49. The van der Waals surface area contributed by atoms with E-state index in [4.69, 9.17) is 10.3 Å². The standard InChI is InChI=1S/C9H15N3O/c1-9(2,6-3-4-6)5-7-11-8(10)12-13-7/h6H,3-5H2,1-2H3,(H2,10,12). The van der Waals surface area contributed by atoms with Crippen molar-refractivity contribution in [1.82, 2.24) is 10.1 Å². The van der Waals surface area contributed by atoms with E-state index in [-0.39, 0.29) is 11.4 Å². The minimum atomic E-state index is 0.238. The molecule has 0 bridgehead atoms. The Morgan fingerprint density at radius 2 is 2.23 bits per heavy atom. The fourth-order valence-corrected chi connectivity index (χ4v) is 1.74. The lowest BCUT2D eigenvalue weighted by Gasteiger charge is -2.21. The molecule has 0 saturated heterocycles. The number of rotatable bonds is 3. The van der Waals surface area contributed by atoms with Crippen molar-refractivity contribution in [3.63, 3.8) is 0 Å². The molecule has 1 heterocycles. The molecule has 0 spiro atoms. The molecule has 0 aromatic carbocycles. The molecule has 0 unspecified atom stereocenters. The monoisotopic (exact) mass is 181 g/mol. The molecule has 72 valence electrons. The second-order valence-corrected chi connectivity index (χ2v) is 4.49. The molecule has 1 aromatic rings. The first-order valence-corrected chi connectivity index (χ1v) is 4.66. The van der Waals surface area contributed by atoms with Crippen LogP contribution in [0.25, 0.3) is 0 Å². The topological polar surface area (TPSA) is 64.9 Å². The summed E-state index contributed by atoms with van der Waals surface area (Å²) in [5, 5.41) is 3.57. The molecule has 1 aliphatic rings. The van der Waals surface area contributed by atoms with Gasteiger partial charge in [0.2, 0.25) is 5.89 Å². The number of nitrogens with two attached hydrogens (primary N) is 1. The van der Waals surface area contributed by atoms with E-state index in [9.17, 15) is 0 Å². The van der Waals surface area contributed by atoms with Crippen LogP contribution in [0.1, 0.15) is 32.6 Å². The first-order valence-electron chi connectivity index (χ1n) is 4.66. The predicted octanol–water partition coefficient (Wildman–Crippen LogP) is 1.63. The predicted molar refractivity (Wildman–Crippen MR) is 48.9 cm³/mol. The number of aromatic nitrogens is 2. The molecule has 1 saturated carbocycles. The van der Waals surface area contributed by atoms with Gasteiger partial charge < -0.3 is 10.3 Å². The third-order valence-corrected chi connectivity index (χ3v) is 2.77. The summed E-state index contributed by atoms with van der Waals surface area (Å²) in [6.07, 6.45) is 3.50. The normalized spacial score (nSPS) is 17.7. The summed E-state index contributed by atoms with van der Waals surface area (Å²) in [5.74, 6) is 1.72. The van der Waals surface area contributed by atoms with E-state index in [2.05, 4.69) is 24.0 Å². The van der Waals surface area contributed by atoms with E-state index in [1.807, 2.05) is 0 Å². The second kappa shape index (κ2) is 2.72. The first kappa shape index (κ1) is 8.53. The number of anilines is 1. The highest BCUT2D eigenvalue weighted by Crippen LogP contribution is 2.46. The summed E-state index contributed by atoms with van der Waals surface area (Å²) in [6, 6.07) is 0. The van der Waals surface area contributed by atoms with Crippen molar-refractivity contribution in [3.8, 4) is 0 Å². The largest absolute Gasteiger partial charge is 0.365 e.